The van der Waals surface area contributed by atoms with Gasteiger partial charge in [-0.05, 0) is 74.9 Å². The third-order valence-electron chi connectivity index (χ3n) is 6.10. The first kappa shape index (κ1) is 32.1. The Balaban J connectivity index is 0.000000381. The van der Waals surface area contributed by atoms with E-state index < -0.39 is 0 Å². The third-order valence-corrected chi connectivity index (χ3v) is 6.10. The van der Waals surface area contributed by atoms with Crippen molar-refractivity contribution < 1.29 is 26.7 Å². The van der Waals surface area contributed by atoms with Gasteiger partial charge in [0.15, 0.2) is 0 Å². The van der Waals surface area contributed by atoms with E-state index in [1.807, 2.05) is 80.7 Å². The van der Waals surface area contributed by atoms with Gasteiger partial charge in [0.25, 0.3) is 0 Å². The number of unbranched alkanes of at least 4 members (excludes halogenated alkanes) is 4. The van der Waals surface area contributed by atoms with Crippen LogP contribution in [0.4, 0.5) is 11.4 Å². The van der Waals surface area contributed by atoms with Crippen molar-refractivity contribution in [1.82, 2.24) is 0 Å². The molecule has 0 atom stereocenters. The van der Waals surface area contributed by atoms with Crippen LogP contribution in [0.3, 0.4) is 0 Å². The molecule has 0 N–H and O–H groups in total. The Morgan fingerprint density at radius 2 is 1.35 bits per heavy atom. The van der Waals surface area contributed by atoms with Crippen LogP contribution in [-0.2, 0) is 22.9 Å². The molecule has 0 fully saturated rings. The minimum atomic E-state index is -0.357. The Bertz CT molecular complexity index is 1070. The molecule has 3 rings (SSSR count). The van der Waals surface area contributed by atoms with Gasteiger partial charge in [0.2, 0.25) is 0 Å². The number of rotatable bonds is 11. The number of aryl methyl sites for hydroxylation is 1. The van der Waals surface area contributed by atoms with Crippen LogP contribution < -0.4 is 10.2 Å². The minimum absolute atomic E-state index is 0. The van der Waals surface area contributed by atoms with Crippen LogP contribution in [0.5, 0.6) is 11.5 Å². The number of benzene rings is 3. The maximum atomic E-state index is 11.6. The van der Waals surface area contributed by atoms with E-state index in [-0.39, 0.29) is 28.0 Å². The molecule has 0 bridgehead atoms. The Hall–Kier alpha value is -2.91. The minimum Gasteiger partial charge on any atom is -0.873 e. The topological polar surface area (TPSA) is 70.8 Å². The van der Waals surface area contributed by atoms with Gasteiger partial charge < -0.3 is 10.2 Å². The van der Waals surface area contributed by atoms with Crippen molar-refractivity contribution in [2.45, 2.75) is 79.1 Å². The normalized spacial score (nSPS) is 11.1. The molecular formula is C32H40N2NiO2. The summed E-state index contributed by atoms with van der Waals surface area (Å²) in [5.41, 5.74) is 5.66. The van der Waals surface area contributed by atoms with E-state index in [1.165, 1.54) is 18.9 Å². The molecule has 5 heteroatoms. The van der Waals surface area contributed by atoms with Crippen LogP contribution in [0, 0.1) is 13.8 Å². The predicted octanol–water partition coefficient (Wildman–Crippen LogP) is 7.92. The van der Waals surface area contributed by atoms with Crippen molar-refractivity contribution in [3.63, 3.8) is 0 Å². The zero-order valence-corrected chi connectivity index (χ0v) is 23.6. The summed E-state index contributed by atoms with van der Waals surface area (Å²) in [7, 11) is 0. The van der Waals surface area contributed by atoms with Gasteiger partial charge in [-0.25, -0.2) is 0 Å². The molecule has 0 heterocycles. The fourth-order valence-corrected chi connectivity index (χ4v) is 3.82. The number of aliphatic imine (C=N–C) groups is 2. The van der Waals surface area contributed by atoms with E-state index in [1.54, 1.807) is 0 Å². The van der Waals surface area contributed by atoms with Crippen molar-refractivity contribution >= 4 is 23.3 Å². The van der Waals surface area contributed by atoms with Gasteiger partial charge in [-0.3, -0.25) is 9.98 Å². The Kier molecular flexibility index (Phi) is 15.9. The van der Waals surface area contributed by atoms with Gasteiger partial charge in [-0.15, -0.1) is 11.5 Å². The van der Waals surface area contributed by atoms with Gasteiger partial charge in [0.1, 0.15) is 0 Å². The fourth-order valence-electron chi connectivity index (χ4n) is 3.82. The fraction of sp³-hybridized carbons (Fsp3) is 0.375. The number of nitrogens with zero attached hydrogens (tertiary/aromatic N) is 2. The second kappa shape index (κ2) is 18.4. The molecule has 0 saturated heterocycles. The molecule has 3 aromatic carbocycles. The predicted molar refractivity (Wildman–Crippen MR) is 150 cm³/mol. The maximum Gasteiger partial charge on any atom is 2.00 e. The Labute approximate surface area is 233 Å². The molecule has 0 aromatic heterocycles. The van der Waals surface area contributed by atoms with Gasteiger partial charge in [0.05, 0.1) is 17.1 Å². The summed E-state index contributed by atoms with van der Waals surface area (Å²) in [5, 5.41) is 23.0. The van der Waals surface area contributed by atoms with E-state index in [2.05, 4.69) is 18.8 Å². The molecule has 3 aromatic rings. The van der Waals surface area contributed by atoms with Crippen LogP contribution >= 0.6 is 0 Å². The number of para-hydroxylation sites is 2. The largest absolute Gasteiger partial charge is 2.00 e. The molecule has 0 spiro atoms. The molecular weight excluding hydrogens is 503 g/mol. The standard InChI is InChI=1S/C19H22N2.C13H20O2.Ni/c1-2-3-6-15-19(21-18-13-9-5-10-14-18)16-20-17-11-7-4-8-12-17;1-4-5-6-7-11-10(3)9(2)8-12(14)13(11)15;/h4-5,7-14,16H,2-3,6,15H2,1H3;8,14-15H,4-7H2,1-3H3;/q;;+2/p-2. The molecule has 0 amide bonds. The van der Waals surface area contributed by atoms with Crippen molar-refractivity contribution in [3.8, 4) is 11.5 Å². The van der Waals surface area contributed by atoms with Crippen molar-refractivity contribution in [2.24, 2.45) is 9.98 Å². The summed E-state index contributed by atoms with van der Waals surface area (Å²) < 4.78 is 0. The van der Waals surface area contributed by atoms with E-state index in [0.29, 0.717) is 0 Å². The molecule has 0 saturated carbocycles. The smallest absolute Gasteiger partial charge is 0.873 e. The molecule has 0 radical (unpaired) electrons. The molecule has 0 aliphatic heterocycles. The van der Waals surface area contributed by atoms with E-state index in [9.17, 15) is 10.2 Å². The first-order chi connectivity index (χ1) is 17.5. The second-order valence-electron chi connectivity index (χ2n) is 9.07. The van der Waals surface area contributed by atoms with Crippen molar-refractivity contribution in [1.29, 1.82) is 0 Å². The summed E-state index contributed by atoms with van der Waals surface area (Å²) in [5.74, 6) is -0.654. The summed E-state index contributed by atoms with van der Waals surface area (Å²) in [6, 6.07) is 21.5. The summed E-state index contributed by atoms with van der Waals surface area (Å²) in [4.78, 5) is 9.24. The van der Waals surface area contributed by atoms with Gasteiger partial charge in [0, 0.05) is 6.21 Å². The van der Waals surface area contributed by atoms with E-state index in [0.717, 1.165) is 72.3 Å². The first-order valence-corrected chi connectivity index (χ1v) is 13.1. The van der Waals surface area contributed by atoms with E-state index in [4.69, 9.17) is 4.99 Å². The van der Waals surface area contributed by atoms with Gasteiger partial charge >= 0.3 is 16.5 Å². The van der Waals surface area contributed by atoms with Crippen LogP contribution in [0.15, 0.2) is 76.7 Å². The Morgan fingerprint density at radius 1 is 0.784 bits per heavy atom. The van der Waals surface area contributed by atoms with Crippen molar-refractivity contribution in [3.05, 3.63) is 83.4 Å². The quantitative estimate of drug-likeness (QED) is 0.140. The zero-order valence-electron chi connectivity index (χ0n) is 22.6. The van der Waals surface area contributed by atoms with Crippen molar-refractivity contribution in [2.75, 3.05) is 0 Å². The number of hydrogen-bond acceptors (Lipinski definition) is 4. The monoisotopic (exact) mass is 542 g/mol. The van der Waals surface area contributed by atoms with Crippen LogP contribution in [0.25, 0.3) is 0 Å². The van der Waals surface area contributed by atoms with Gasteiger partial charge in [-0.1, -0.05) is 87.6 Å². The molecule has 0 aliphatic rings. The average molecular weight is 543 g/mol. The molecule has 0 unspecified atom stereocenters. The first-order valence-electron chi connectivity index (χ1n) is 13.1. The molecule has 37 heavy (non-hydrogen) atoms. The molecule has 0 aliphatic carbocycles. The summed E-state index contributed by atoms with van der Waals surface area (Å²) in [6.45, 7) is 8.16. The zero-order chi connectivity index (χ0) is 26.2. The third kappa shape index (κ3) is 11.8. The van der Waals surface area contributed by atoms with E-state index >= 15 is 0 Å². The van der Waals surface area contributed by atoms with Crippen LogP contribution in [0.2, 0.25) is 0 Å². The molecule has 4 nitrogen and oxygen atoms in total. The SMILES string of the molecule is CCCCCC(C=Nc1ccccc1)=Nc1ccccc1.CCCCCc1c(C)c(C)cc([O-])c1[O-].[Ni+2]. The summed E-state index contributed by atoms with van der Waals surface area (Å²) >= 11 is 0. The molecule has 200 valence electrons. The van der Waals surface area contributed by atoms with Crippen LogP contribution in [0.1, 0.15) is 75.5 Å². The second-order valence-corrected chi connectivity index (χ2v) is 9.07. The van der Waals surface area contributed by atoms with Gasteiger partial charge in [-0.2, -0.15) is 0 Å². The van der Waals surface area contributed by atoms with Crippen LogP contribution in [-0.4, -0.2) is 11.9 Å². The summed E-state index contributed by atoms with van der Waals surface area (Å²) in [6.07, 6.45) is 10.5. The number of hydrogen-bond donors (Lipinski definition) is 0. The Morgan fingerprint density at radius 3 is 1.95 bits per heavy atom. The maximum absolute atomic E-state index is 11.6. The average Bonchev–Trinajstić information content (AvgIpc) is 2.90.